The molecular formula is C14H13N3O2. The molecule has 0 aliphatic carbocycles. The van der Waals surface area contributed by atoms with E-state index in [1.807, 2.05) is 54.6 Å². The predicted octanol–water partition coefficient (Wildman–Crippen LogP) is 2.61. The summed E-state index contributed by atoms with van der Waals surface area (Å²) in [6, 6.07) is 17.1. The van der Waals surface area contributed by atoms with Gasteiger partial charge in [-0.3, -0.25) is 0 Å². The average molecular weight is 255 g/mol. The van der Waals surface area contributed by atoms with Gasteiger partial charge in [0, 0.05) is 7.11 Å². The first kappa shape index (κ1) is 11.7. The molecule has 0 bridgehead atoms. The first-order valence-electron chi connectivity index (χ1n) is 5.93. The molecule has 5 heteroatoms. The Hall–Kier alpha value is -2.40. The lowest BCUT2D eigenvalue weighted by Crippen LogP contribution is -2.19. The molecule has 5 nitrogen and oxygen atoms in total. The van der Waals surface area contributed by atoms with Crippen LogP contribution in [-0.2, 0) is 4.74 Å². The van der Waals surface area contributed by atoms with E-state index in [9.17, 15) is 0 Å². The molecule has 0 fully saturated rings. The highest BCUT2D eigenvalue weighted by molar-refractivity contribution is 5.73. The maximum atomic E-state index is 5.75. The highest BCUT2D eigenvalue weighted by Crippen LogP contribution is 2.20. The summed E-state index contributed by atoms with van der Waals surface area (Å²) in [5, 5.41) is 8.16. The standard InChI is InChI=1S/C14H13N3O2/c1-18-14(19-11-7-3-2-4-8-11)17-13-10-6-5-9-12(13)15-16-17/h2-10,14H,1H3. The van der Waals surface area contributed by atoms with Crippen LogP contribution in [0.3, 0.4) is 0 Å². The Balaban J connectivity index is 1.94. The molecular weight excluding hydrogens is 242 g/mol. The highest BCUT2D eigenvalue weighted by Gasteiger charge is 2.16. The number of rotatable bonds is 4. The molecule has 0 saturated heterocycles. The molecule has 1 heterocycles. The number of methoxy groups -OCH3 is 1. The first-order valence-corrected chi connectivity index (χ1v) is 5.93. The van der Waals surface area contributed by atoms with E-state index < -0.39 is 6.41 Å². The number of benzene rings is 2. The summed E-state index contributed by atoms with van der Waals surface area (Å²) in [5.74, 6) is 0.717. The van der Waals surface area contributed by atoms with Crippen LogP contribution in [0.25, 0.3) is 11.0 Å². The van der Waals surface area contributed by atoms with Gasteiger partial charge in [0.05, 0.1) is 5.52 Å². The van der Waals surface area contributed by atoms with Gasteiger partial charge in [0.1, 0.15) is 11.3 Å². The van der Waals surface area contributed by atoms with Gasteiger partial charge in [-0.25, -0.2) is 0 Å². The van der Waals surface area contributed by atoms with Gasteiger partial charge < -0.3 is 9.47 Å². The van der Waals surface area contributed by atoms with Gasteiger partial charge in [0.2, 0.25) is 0 Å². The van der Waals surface area contributed by atoms with Crippen LogP contribution in [0.15, 0.2) is 54.6 Å². The molecule has 3 rings (SSSR count). The third-order valence-corrected chi connectivity index (χ3v) is 2.76. The smallest absolute Gasteiger partial charge is 0.304 e. The molecule has 3 aromatic rings. The van der Waals surface area contributed by atoms with Crippen LogP contribution in [0, 0.1) is 0 Å². The molecule has 1 aromatic heterocycles. The number of para-hydroxylation sites is 2. The molecule has 0 aliphatic heterocycles. The second-order valence-electron chi connectivity index (χ2n) is 4.00. The van der Waals surface area contributed by atoms with Gasteiger partial charge in [-0.15, -0.1) is 5.10 Å². The van der Waals surface area contributed by atoms with Crippen LogP contribution in [0.1, 0.15) is 6.41 Å². The zero-order valence-electron chi connectivity index (χ0n) is 10.4. The minimum absolute atomic E-state index is 0.644. The monoisotopic (exact) mass is 255 g/mol. The second kappa shape index (κ2) is 5.07. The van der Waals surface area contributed by atoms with E-state index in [4.69, 9.17) is 9.47 Å². The van der Waals surface area contributed by atoms with Crippen molar-refractivity contribution in [1.29, 1.82) is 0 Å². The summed E-state index contributed by atoms with van der Waals surface area (Å²) >= 11 is 0. The lowest BCUT2D eigenvalue weighted by Gasteiger charge is -2.17. The van der Waals surface area contributed by atoms with Crippen LogP contribution in [0.5, 0.6) is 5.75 Å². The maximum Gasteiger partial charge on any atom is 0.304 e. The van der Waals surface area contributed by atoms with Crippen molar-refractivity contribution in [3.8, 4) is 5.75 Å². The van der Waals surface area contributed by atoms with Crippen molar-refractivity contribution in [3.05, 3.63) is 54.6 Å². The largest absolute Gasteiger partial charge is 0.445 e. The van der Waals surface area contributed by atoms with Crippen LogP contribution in [-0.4, -0.2) is 22.1 Å². The fourth-order valence-electron chi connectivity index (χ4n) is 1.86. The number of fused-ring (bicyclic) bond motifs is 1. The van der Waals surface area contributed by atoms with E-state index in [1.54, 1.807) is 11.8 Å². The SMILES string of the molecule is COC(Oc1ccccc1)n1nnc2ccccc21. The molecule has 96 valence electrons. The van der Waals surface area contributed by atoms with E-state index in [0.29, 0.717) is 5.75 Å². The van der Waals surface area contributed by atoms with E-state index in [2.05, 4.69) is 10.3 Å². The summed E-state index contributed by atoms with van der Waals surface area (Å²) in [6.45, 7) is 0. The molecule has 0 aliphatic rings. The highest BCUT2D eigenvalue weighted by atomic mass is 16.7. The van der Waals surface area contributed by atoms with Gasteiger partial charge in [0.15, 0.2) is 0 Å². The maximum absolute atomic E-state index is 5.75. The summed E-state index contributed by atoms with van der Waals surface area (Å²) in [5.41, 5.74) is 1.67. The molecule has 1 unspecified atom stereocenters. The molecule has 0 radical (unpaired) electrons. The number of aromatic nitrogens is 3. The molecule has 0 spiro atoms. The zero-order chi connectivity index (χ0) is 13.1. The minimum Gasteiger partial charge on any atom is -0.445 e. The summed E-state index contributed by atoms with van der Waals surface area (Å²) in [6.07, 6.45) is -0.644. The lowest BCUT2D eigenvalue weighted by molar-refractivity contribution is -0.116. The summed E-state index contributed by atoms with van der Waals surface area (Å²) in [7, 11) is 1.57. The van der Waals surface area contributed by atoms with Gasteiger partial charge >= 0.3 is 6.41 Å². The van der Waals surface area contributed by atoms with Crippen LogP contribution >= 0.6 is 0 Å². The molecule has 1 atom stereocenters. The molecule has 19 heavy (non-hydrogen) atoms. The van der Waals surface area contributed by atoms with E-state index >= 15 is 0 Å². The van der Waals surface area contributed by atoms with Gasteiger partial charge in [-0.05, 0) is 24.3 Å². The minimum atomic E-state index is -0.644. The average Bonchev–Trinajstić information content (AvgIpc) is 2.90. The molecule has 0 amide bonds. The number of hydrogen-bond donors (Lipinski definition) is 0. The van der Waals surface area contributed by atoms with Gasteiger partial charge in [0.25, 0.3) is 0 Å². The van der Waals surface area contributed by atoms with Crippen LogP contribution in [0.2, 0.25) is 0 Å². The Morgan fingerprint density at radius 1 is 1.00 bits per heavy atom. The Morgan fingerprint density at radius 2 is 1.74 bits per heavy atom. The Labute approximate surface area is 110 Å². The fraction of sp³-hybridized carbons (Fsp3) is 0.143. The van der Waals surface area contributed by atoms with Crippen LogP contribution < -0.4 is 4.74 Å². The topological polar surface area (TPSA) is 49.2 Å². The van der Waals surface area contributed by atoms with E-state index in [-0.39, 0.29) is 0 Å². The zero-order valence-corrected chi connectivity index (χ0v) is 10.4. The number of ether oxygens (including phenoxy) is 2. The van der Waals surface area contributed by atoms with E-state index in [1.165, 1.54) is 0 Å². The quantitative estimate of drug-likeness (QED) is 0.672. The van der Waals surface area contributed by atoms with Gasteiger partial charge in [-0.1, -0.05) is 35.5 Å². The molecule has 0 saturated carbocycles. The van der Waals surface area contributed by atoms with Crippen molar-refractivity contribution in [1.82, 2.24) is 15.0 Å². The first-order chi connectivity index (χ1) is 9.38. The second-order valence-corrected chi connectivity index (χ2v) is 4.00. The van der Waals surface area contributed by atoms with Crippen molar-refractivity contribution in [2.75, 3.05) is 7.11 Å². The summed E-state index contributed by atoms with van der Waals surface area (Å²) < 4.78 is 12.7. The van der Waals surface area contributed by atoms with Crippen molar-refractivity contribution in [2.24, 2.45) is 0 Å². The van der Waals surface area contributed by atoms with Crippen molar-refractivity contribution in [3.63, 3.8) is 0 Å². The predicted molar refractivity (Wildman–Crippen MR) is 70.6 cm³/mol. The Bertz CT molecular complexity index is 667. The van der Waals surface area contributed by atoms with E-state index in [0.717, 1.165) is 11.0 Å². The van der Waals surface area contributed by atoms with Gasteiger partial charge in [-0.2, -0.15) is 4.68 Å². The number of hydrogen-bond acceptors (Lipinski definition) is 4. The number of nitrogens with zero attached hydrogens (tertiary/aromatic N) is 3. The fourth-order valence-corrected chi connectivity index (χ4v) is 1.86. The third kappa shape index (κ3) is 2.28. The third-order valence-electron chi connectivity index (χ3n) is 2.76. The Kier molecular flexibility index (Phi) is 3.12. The van der Waals surface area contributed by atoms with Crippen molar-refractivity contribution >= 4 is 11.0 Å². The van der Waals surface area contributed by atoms with Crippen molar-refractivity contribution in [2.45, 2.75) is 6.41 Å². The van der Waals surface area contributed by atoms with Crippen LogP contribution in [0.4, 0.5) is 0 Å². The summed E-state index contributed by atoms with van der Waals surface area (Å²) in [4.78, 5) is 0. The normalized spacial score (nSPS) is 12.5. The molecule has 0 N–H and O–H groups in total. The molecule has 2 aromatic carbocycles. The Morgan fingerprint density at radius 3 is 2.53 bits per heavy atom. The lowest BCUT2D eigenvalue weighted by atomic mass is 10.3. The van der Waals surface area contributed by atoms with Crippen molar-refractivity contribution < 1.29 is 9.47 Å².